The van der Waals surface area contributed by atoms with Gasteiger partial charge in [0.15, 0.2) is 0 Å². The van der Waals surface area contributed by atoms with Gasteiger partial charge in [-0.25, -0.2) is 19.4 Å². The molecule has 158 valence electrons. The van der Waals surface area contributed by atoms with E-state index in [9.17, 15) is 4.79 Å². The van der Waals surface area contributed by atoms with Gasteiger partial charge in [-0.15, -0.1) is 0 Å². The summed E-state index contributed by atoms with van der Waals surface area (Å²) in [5.41, 5.74) is 3.44. The van der Waals surface area contributed by atoms with Gasteiger partial charge in [0.25, 0.3) is 0 Å². The number of aromatic nitrogens is 5. The minimum absolute atomic E-state index is 0.437. The lowest BCUT2D eigenvalue weighted by Crippen LogP contribution is -2.30. The second-order valence-electron chi connectivity index (χ2n) is 7.61. The van der Waals surface area contributed by atoms with E-state index in [1.807, 2.05) is 37.3 Å². The second kappa shape index (κ2) is 7.82. The molecule has 1 saturated heterocycles. The second-order valence-corrected chi connectivity index (χ2v) is 7.61. The van der Waals surface area contributed by atoms with E-state index in [0.717, 1.165) is 48.7 Å². The first-order valence-corrected chi connectivity index (χ1v) is 10.3. The number of aryl methyl sites for hydroxylation is 1. The van der Waals surface area contributed by atoms with Gasteiger partial charge in [0, 0.05) is 24.8 Å². The van der Waals surface area contributed by atoms with Crippen LogP contribution in [-0.2, 0) is 9.53 Å². The summed E-state index contributed by atoms with van der Waals surface area (Å²) in [6, 6.07) is 9.23. The molecule has 1 unspecified atom stereocenters. The number of rotatable bonds is 4. The van der Waals surface area contributed by atoms with Crippen LogP contribution in [0.3, 0.4) is 0 Å². The third kappa shape index (κ3) is 3.31. The summed E-state index contributed by atoms with van der Waals surface area (Å²) < 4.78 is 6.88. The maximum absolute atomic E-state index is 13.0. The first-order valence-electron chi connectivity index (χ1n) is 10.3. The quantitative estimate of drug-likeness (QED) is 0.647. The van der Waals surface area contributed by atoms with E-state index in [-0.39, 0.29) is 0 Å². The lowest BCUT2D eigenvalue weighted by atomic mass is 9.93. The highest BCUT2D eigenvalue weighted by atomic mass is 16.5. The van der Waals surface area contributed by atoms with E-state index < -0.39 is 12.0 Å². The monoisotopic (exact) mass is 417 g/mol. The summed E-state index contributed by atoms with van der Waals surface area (Å²) in [6.07, 6.45) is 5.54. The van der Waals surface area contributed by atoms with Crippen LogP contribution in [0, 0.1) is 6.92 Å². The molecule has 1 aromatic carbocycles. The average molecular weight is 417 g/mol. The number of methoxy groups -OCH3 is 1. The Hall–Kier alpha value is -3.75. The highest BCUT2D eigenvalue weighted by molar-refractivity contribution is 6.02. The van der Waals surface area contributed by atoms with Crippen molar-refractivity contribution in [1.82, 2.24) is 24.7 Å². The van der Waals surface area contributed by atoms with Gasteiger partial charge in [0.05, 0.1) is 24.1 Å². The molecular formula is C22H23N7O2. The van der Waals surface area contributed by atoms with Crippen molar-refractivity contribution in [3.8, 4) is 0 Å². The molecule has 2 aliphatic rings. The molecule has 9 nitrogen and oxygen atoms in total. The molecule has 3 aromatic rings. The molecule has 2 aromatic heterocycles. The van der Waals surface area contributed by atoms with Crippen molar-refractivity contribution in [2.75, 3.05) is 30.4 Å². The van der Waals surface area contributed by atoms with Crippen LogP contribution in [-0.4, -0.2) is 50.9 Å². The average Bonchev–Trinajstić information content (AvgIpc) is 3.50. The Labute approximate surface area is 179 Å². The van der Waals surface area contributed by atoms with Gasteiger partial charge >= 0.3 is 5.97 Å². The van der Waals surface area contributed by atoms with E-state index in [1.54, 1.807) is 10.9 Å². The molecule has 1 atom stereocenters. The molecule has 9 heteroatoms. The highest BCUT2D eigenvalue weighted by Crippen LogP contribution is 2.39. The summed E-state index contributed by atoms with van der Waals surface area (Å²) in [5, 5.41) is 7.62. The number of carbonyl (C=O) groups is 1. The van der Waals surface area contributed by atoms with Crippen LogP contribution in [0.5, 0.6) is 0 Å². The Morgan fingerprint density at radius 2 is 1.94 bits per heavy atom. The minimum atomic E-state index is -0.486. The number of hydrogen-bond donors (Lipinski definition) is 1. The van der Waals surface area contributed by atoms with Gasteiger partial charge < -0.3 is 15.0 Å². The highest BCUT2D eigenvalue weighted by Gasteiger charge is 2.36. The fourth-order valence-corrected chi connectivity index (χ4v) is 4.22. The smallest absolute Gasteiger partial charge is 0.338 e. The number of nitrogens with one attached hydrogen (secondary N) is 1. The Morgan fingerprint density at radius 3 is 2.65 bits per heavy atom. The number of carbonyl (C=O) groups excluding carboxylic acids is 1. The molecule has 0 saturated carbocycles. The van der Waals surface area contributed by atoms with E-state index in [0.29, 0.717) is 17.2 Å². The van der Waals surface area contributed by atoms with Crippen LogP contribution in [0.15, 0.2) is 48.4 Å². The Kier molecular flexibility index (Phi) is 4.85. The minimum Gasteiger partial charge on any atom is -0.466 e. The molecule has 2 aliphatic heterocycles. The van der Waals surface area contributed by atoms with Crippen molar-refractivity contribution in [3.63, 3.8) is 0 Å². The normalized spacial score (nSPS) is 18.0. The molecule has 31 heavy (non-hydrogen) atoms. The lowest BCUT2D eigenvalue weighted by Gasteiger charge is -2.29. The fraction of sp³-hybridized carbons (Fsp3) is 0.318. The van der Waals surface area contributed by atoms with Gasteiger partial charge in [0.1, 0.15) is 12.4 Å². The van der Waals surface area contributed by atoms with Crippen LogP contribution in [0.2, 0.25) is 0 Å². The maximum atomic E-state index is 13.0. The summed E-state index contributed by atoms with van der Waals surface area (Å²) >= 11 is 0. The van der Waals surface area contributed by atoms with Crippen LogP contribution in [0.25, 0.3) is 5.70 Å². The third-order valence-corrected chi connectivity index (χ3v) is 5.74. The van der Waals surface area contributed by atoms with Gasteiger partial charge in [0.2, 0.25) is 11.9 Å². The first kappa shape index (κ1) is 19.2. The predicted molar refractivity (Wildman–Crippen MR) is 115 cm³/mol. The molecule has 5 rings (SSSR count). The molecule has 0 bridgehead atoms. The largest absolute Gasteiger partial charge is 0.466 e. The van der Waals surface area contributed by atoms with Crippen molar-refractivity contribution in [2.24, 2.45) is 0 Å². The summed E-state index contributed by atoms with van der Waals surface area (Å²) in [7, 11) is 1.38. The van der Waals surface area contributed by atoms with Gasteiger partial charge in [-0.1, -0.05) is 30.3 Å². The Balaban J connectivity index is 1.68. The maximum Gasteiger partial charge on any atom is 0.338 e. The Morgan fingerprint density at radius 1 is 1.16 bits per heavy atom. The van der Waals surface area contributed by atoms with E-state index in [2.05, 4.69) is 25.3 Å². The molecule has 0 aliphatic carbocycles. The zero-order chi connectivity index (χ0) is 21.4. The number of hydrogen-bond acceptors (Lipinski definition) is 8. The van der Waals surface area contributed by atoms with Gasteiger partial charge in [-0.3, -0.25) is 0 Å². The van der Waals surface area contributed by atoms with E-state index in [4.69, 9.17) is 9.72 Å². The predicted octanol–water partition coefficient (Wildman–Crippen LogP) is 2.58. The molecule has 4 heterocycles. The number of nitrogens with zero attached hydrogens (tertiary/aromatic N) is 6. The van der Waals surface area contributed by atoms with Crippen LogP contribution >= 0.6 is 0 Å². The van der Waals surface area contributed by atoms with Crippen LogP contribution < -0.4 is 10.2 Å². The van der Waals surface area contributed by atoms with Crippen molar-refractivity contribution in [3.05, 3.63) is 65.2 Å². The zero-order valence-corrected chi connectivity index (χ0v) is 17.4. The lowest BCUT2D eigenvalue weighted by molar-refractivity contribution is -0.136. The number of esters is 1. The standard InChI is InChI=1S/C22H23N7O2/c1-14-16(12-23-21(26-14)28-10-6-7-11-28)18-17(20(30)31-2)19(15-8-4-3-5-9-15)29-22(27-18)24-13-25-29/h3-5,8-9,12-13,19H,6-7,10-11H2,1-2H3,(H,24,25,27). The van der Waals surface area contributed by atoms with Crippen LogP contribution in [0.1, 0.15) is 35.7 Å². The van der Waals surface area contributed by atoms with Crippen molar-refractivity contribution in [1.29, 1.82) is 0 Å². The number of anilines is 2. The molecule has 0 radical (unpaired) electrons. The summed E-state index contributed by atoms with van der Waals surface area (Å²) in [5.74, 6) is 0.817. The molecule has 0 spiro atoms. The van der Waals surface area contributed by atoms with E-state index >= 15 is 0 Å². The zero-order valence-electron chi connectivity index (χ0n) is 17.4. The molecule has 1 fully saturated rings. The number of benzene rings is 1. The Bertz CT molecular complexity index is 1150. The number of fused-ring (bicyclic) bond motifs is 1. The molecule has 0 amide bonds. The number of ether oxygens (including phenoxy) is 1. The van der Waals surface area contributed by atoms with Crippen molar-refractivity contribution in [2.45, 2.75) is 25.8 Å². The third-order valence-electron chi connectivity index (χ3n) is 5.74. The van der Waals surface area contributed by atoms with Crippen molar-refractivity contribution < 1.29 is 9.53 Å². The van der Waals surface area contributed by atoms with Crippen LogP contribution in [0.4, 0.5) is 11.9 Å². The molecule has 1 N–H and O–H groups in total. The molecular weight excluding hydrogens is 394 g/mol. The van der Waals surface area contributed by atoms with Crippen molar-refractivity contribution >= 4 is 23.6 Å². The first-order chi connectivity index (χ1) is 15.2. The summed E-state index contributed by atoms with van der Waals surface area (Å²) in [4.78, 5) is 28.9. The summed E-state index contributed by atoms with van der Waals surface area (Å²) in [6.45, 7) is 3.86. The van der Waals surface area contributed by atoms with Gasteiger partial charge in [-0.2, -0.15) is 10.1 Å². The SMILES string of the molecule is COC(=O)C1=C(c2cnc(N3CCCC3)nc2C)Nc2ncnn2C1c1ccccc1. The topological polar surface area (TPSA) is 98.1 Å². The fourth-order valence-electron chi connectivity index (χ4n) is 4.22. The van der Waals surface area contributed by atoms with Gasteiger partial charge in [-0.05, 0) is 25.3 Å². The van der Waals surface area contributed by atoms with E-state index in [1.165, 1.54) is 13.4 Å².